The summed E-state index contributed by atoms with van der Waals surface area (Å²) in [4.78, 5) is 0. The molecule has 0 aliphatic carbocycles. The van der Waals surface area contributed by atoms with Gasteiger partial charge in [0.2, 0.25) is 0 Å². The average Bonchev–Trinajstić information content (AvgIpc) is 2.41. The van der Waals surface area contributed by atoms with E-state index >= 15 is 0 Å². The molecule has 0 unspecified atom stereocenters. The van der Waals surface area contributed by atoms with Gasteiger partial charge in [0.05, 0.1) is 13.2 Å². The number of hydrogen-bond donors (Lipinski definition) is 1. The minimum Gasteiger partial charge on any atom is -0.493 e. The molecule has 0 aliphatic heterocycles. The first-order chi connectivity index (χ1) is 8.81. The van der Waals surface area contributed by atoms with Crippen LogP contribution in [0.5, 0.6) is 11.5 Å². The molecule has 2 N–H and O–H groups in total. The molecule has 3 heteroatoms. The van der Waals surface area contributed by atoms with Gasteiger partial charge in [-0.2, -0.15) is 0 Å². The van der Waals surface area contributed by atoms with Crippen molar-refractivity contribution in [2.75, 3.05) is 13.2 Å². The van der Waals surface area contributed by atoms with E-state index in [4.69, 9.17) is 15.2 Å². The highest BCUT2D eigenvalue weighted by molar-refractivity contribution is 5.40. The second-order valence-corrected chi connectivity index (χ2v) is 4.10. The third-order valence-corrected chi connectivity index (χ3v) is 2.54. The highest BCUT2D eigenvalue weighted by Crippen LogP contribution is 2.25. The summed E-state index contributed by atoms with van der Waals surface area (Å²) in [6, 6.07) is 5.83. The fourth-order valence-corrected chi connectivity index (χ4v) is 1.56. The van der Waals surface area contributed by atoms with Crippen LogP contribution >= 0.6 is 0 Å². The lowest BCUT2D eigenvalue weighted by atomic mass is 10.2. The van der Waals surface area contributed by atoms with Gasteiger partial charge in [-0.3, -0.25) is 0 Å². The van der Waals surface area contributed by atoms with E-state index < -0.39 is 0 Å². The van der Waals surface area contributed by atoms with E-state index in [2.05, 4.69) is 13.5 Å². The SMILES string of the molecule is C=CCCCOc1cc(OCCC)ccc1CN. The van der Waals surface area contributed by atoms with Gasteiger partial charge in [0, 0.05) is 18.2 Å². The number of benzene rings is 1. The Morgan fingerprint density at radius 1 is 1.28 bits per heavy atom. The number of nitrogens with two attached hydrogens (primary N) is 1. The molecule has 3 nitrogen and oxygen atoms in total. The van der Waals surface area contributed by atoms with Gasteiger partial charge in [0.15, 0.2) is 0 Å². The van der Waals surface area contributed by atoms with Crippen molar-refractivity contribution in [3.05, 3.63) is 36.4 Å². The molecule has 18 heavy (non-hydrogen) atoms. The Morgan fingerprint density at radius 2 is 2.11 bits per heavy atom. The van der Waals surface area contributed by atoms with Gasteiger partial charge in [-0.1, -0.05) is 19.1 Å². The first-order valence-corrected chi connectivity index (χ1v) is 6.51. The smallest absolute Gasteiger partial charge is 0.127 e. The van der Waals surface area contributed by atoms with Gasteiger partial charge in [0.25, 0.3) is 0 Å². The summed E-state index contributed by atoms with van der Waals surface area (Å²) < 4.78 is 11.3. The van der Waals surface area contributed by atoms with Crippen molar-refractivity contribution in [3.8, 4) is 11.5 Å². The van der Waals surface area contributed by atoms with Crippen LogP contribution in [-0.2, 0) is 6.54 Å². The van der Waals surface area contributed by atoms with Crippen molar-refractivity contribution >= 4 is 0 Å². The highest BCUT2D eigenvalue weighted by Gasteiger charge is 2.04. The van der Waals surface area contributed by atoms with Crippen molar-refractivity contribution in [2.24, 2.45) is 5.73 Å². The monoisotopic (exact) mass is 249 g/mol. The Hall–Kier alpha value is -1.48. The van der Waals surface area contributed by atoms with Gasteiger partial charge in [-0.25, -0.2) is 0 Å². The molecule has 0 aliphatic rings. The van der Waals surface area contributed by atoms with Gasteiger partial charge >= 0.3 is 0 Å². The van der Waals surface area contributed by atoms with Crippen LogP contribution in [0.2, 0.25) is 0 Å². The first-order valence-electron chi connectivity index (χ1n) is 6.51. The molecule has 100 valence electrons. The molecule has 0 saturated carbocycles. The predicted molar refractivity (Wildman–Crippen MR) is 75.0 cm³/mol. The summed E-state index contributed by atoms with van der Waals surface area (Å²) in [7, 11) is 0. The van der Waals surface area contributed by atoms with Crippen molar-refractivity contribution < 1.29 is 9.47 Å². The molecule has 0 aromatic heterocycles. The quantitative estimate of drug-likeness (QED) is 0.539. The Morgan fingerprint density at radius 3 is 2.78 bits per heavy atom. The zero-order valence-electron chi connectivity index (χ0n) is 11.2. The van der Waals surface area contributed by atoms with E-state index in [1.165, 1.54) is 0 Å². The molecule has 0 atom stereocenters. The van der Waals surface area contributed by atoms with Crippen LogP contribution in [0.1, 0.15) is 31.7 Å². The Bertz CT molecular complexity index is 364. The second-order valence-electron chi connectivity index (χ2n) is 4.10. The van der Waals surface area contributed by atoms with Crippen LogP contribution in [0.4, 0.5) is 0 Å². The fraction of sp³-hybridized carbons (Fsp3) is 0.467. The molecule has 0 saturated heterocycles. The lowest BCUT2D eigenvalue weighted by Crippen LogP contribution is -2.04. The topological polar surface area (TPSA) is 44.5 Å². The van der Waals surface area contributed by atoms with Crippen LogP contribution < -0.4 is 15.2 Å². The summed E-state index contributed by atoms with van der Waals surface area (Å²) in [5, 5.41) is 0. The second kappa shape index (κ2) is 8.59. The molecule has 0 bridgehead atoms. The van der Waals surface area contributed by atoms with Crippen LogP contribution in [0.3, 0.4) is 0 Å². The van der Waals surface area contributed by atoms with Crippen molar-refractivity contribution in [1.82, 2.24) is 0 Å². The summed E-state index contributed by atoms with van der Waals surface area (Å²) >= 11 is 0. The zero-order valence-corrected chi connectivity index (χ0v) is 11.2. The molecular weight excluding hydrogens is 226 g/mol. The largest absolute Gasteiger partial charge is 0.493 e. The standard InChI is InChI=1S/C15H23NO2/c1-3-5-6-10-18-15-11-14(17-9-4-2)8-7-13(15)12-16/h3,7-8,11H,1,4-6,9-10,12,16H2,2H3. The molecular formula is C15H23NO2. The maximum atomic E-state index is 5.74. The molecule has 0 amide bonds. The van der Waals surface area contributed by atoms with E-state index in [1.54, 1.807) is 0 Å². The third kappa shape index (κ3) is 4.80. The van der Waals surface area contributed by atoms with E-state index in [9.17, 15) is 0 Å². The Labute approximate surface area is 110 Å². The van der Waals surface area contributed by atoms with Crippen LogP contribution in [-0.4, -0.2) is 13.2 Å². The summed E-state index contributed by atoms with van der Waals surface area (Å²) in [6.45, 7) is 7.65. The highest BCUT2D eigenvalue weighted by atomic mass is 16.5. The van der Waals surface area contributed by atoms with Gasteiger partial charge in [-0.05, 0) is 25.3 Å². The minimum atomic E-state index is 0.477. The van der Waals surface area contributed by atoms with E-state index in [-0.39, 0.29) is 0 Å². The zero-order chi connectivity index (χ0) is 13.2. The molecule has 0 spiro atoms. The fourth-order valence-electron chi connectivity index (χ4n) is 1.56. The number of rotatable bonds is 9. The Balaban J connectivity index is 2.62. The van der Waals surface area contributed by atoms with Crippen molar-refractivity contribution in [2.45, 2.75) is 32.7 Å². The van der Waals surface area contributed by atoms with Gasteiger partial charge in [0.1, 0.15) is 11.5 Å². The Kier molecular flexibility index (Phi) is 6.96. The maximum Gasteiger partial charge on any atom is 0.127 e. The molecule has 0 fully saturated rings. The summed E-state index contributed by atoms with van der Waals surface area (Å²) in [5.41, 5.74) is 6.71. The van der Waals surface area contributed by atoms with Crippen LogP contribution in [0.25, 0.3) is 0 Å². The minimum absolute atomic E-state index is 0.477. The number of hydrogen-bond acceptors (Lipinski definition) is 3. The molecule has 0 radical (unpaired) electrons. The van der Waals surface area contributed by atoms with Gasteiger partial charge < -0.3 is 15.2 Å². The molecule has 1 aromatic rings. The van der Waals surface area contributed by atoms with Crippen molar-refractivity contribution in [1.29, 1.82) is 0 Å². The van der Waals surface area contributed by atoms with Crippen LogP contribution in [0.15, 0.2) is 30.9 Å². The molecule has 0 heterocycles. The predicted octanol–water partition coefficient (Wildman–Crippen LogP) is 3.28. The van der Waals surface area contributed by atoms with Gasteiger partial charge in [-0.15, -0.1) is 6.58 Å². The van der Waals surface area contributed by atoms with Crippen molar-refractivity contribution in [3.63, 3.8) is 0 Å². The lowest BCUT2D eigenvalue weighted by Gasteiger charge is -2.12. The van der Waals surface area contributed by atoms with E-state index in [0.29, 0.717) is 13.2 Å². The average molecular weight is 249 g/mol. The number of unbranched alkanes of at least 4 members (excludes halogenated alkanes) is 1. The summed E-state index contributed by atoms with van der Waals surface area (Å²) in [5.74, 6) is 1.67. The number of ether oxygens (including phenoxy) is 2. The maximum absolute atomic E-state index is 5.74. The van der Waals surface area contributed by atoms with Crippen LogP contribution in [0, 0.1) is 0 Å². The summed E-state index contributed by atoms with van der Waals surface area (Å²) in [6.07, 6.45) is 4.82. The number of allylic oxidation sites excluding steroid dienone is 1. The first kappa shape index (κ1) is 14.6. The lowest BCUT2D eigenvalue weighted by molar-refractivity contribution is 0.296. The van der Waals surface area contributed by atoms with E-state index in [0.717, 1.165) is 42.9 Å². The van der Waals surface area contributed by atoms with E-state index in [1.807, 2.05) is 24.3 Å². The third-order valence-electron chi connectivity index (χ3n) is 2.54. The molecule has 1 aromatic carbocycles. The molecule has 1 rings (SSSR count). The normalized spacial score (nSPS) is 10.1.